The molecule has 4 heteroatoms. The van der Waals surface area contributed by atoms with Crippen LogP contribution in [0, 0.1) is 5.92 Å². The van der Waals surface area contributed by atoms with E-state index in [4.69, 9.17) is 0 Å². The summed E-state index contributed by atoms with van der Waals surface area (Å²) < 4.78 is 0. The van der Waals surface area contributed by atoms with Crippen LogP contribution in [0.4, 0.5) is 0 Å². The van der Waals surface area contributed by atoms with Crippen molar-refractivity contribution >= 4 is 5.91 Å². The summed E-state index contributed by atoms with van der Waals surface area (Å²) in [5.41, 5.74) is 0.100. The largest absolute Gasteiger partial charge is 0.339 e. The molecule has 2 unspecified atom stereocenters. The van der Waals surface area contributed by atoms with Crippen molar-refractivity contribution in [3.63, 3.8) is 0 Å². The van der Waals surface area contributed by atoms with Crippen LogP contribution in [0.25, 0.3) is 0 Å². The summed E-state index contributed by atoms with van der Waals surface area (Å²) in [6.07, 6.45) is 2.16. The topological polar surface area (TPSA) is 35.6 Å². The van der Waals surface area contributed by atoms with Gasteiger partial charge in [0.2, 0.25) is 5.91 Å². The number of amides is 1. The molecule has 2 fully saturated rings. The minimum atomic E-state index is 0.100. The molecule has 2 heterocycles. The molecule has 0 radical (unpaired) electrons. The fourth-order valence-electron chi connectivity index (χ4n) is 2.90. The maximum absolute atomic E-state index is 12.5. The highest BCUT2D eigenvalue weighted by atomic mass is 16.2. The Morgan fingerprint density at radius 3 is 2.56 bits per heavy atom. The van der Waals surface area contributed by atoms with Crippen LogP contribution in [0.1, 0.15) is 33.6 Å². The second-order valence-electron chi connectivity index (χ2n) is 6.58. The van der Waals surface area contributed by atoms with Crippen molar-refractivity contribution in [1.29, 1.82) is 0 Å². The summed E-state index contributed by atoms with van der Waals surface area (Å²) in [5, 5.41) is 3.42. The van der Waals surface area contributed by atoms with Gasteiger partial charge in [-0.05, 0) is 40.7 Å². The van der Waals surface area contributed by atoms with Gasteiger partial charge in [0.25, 0.3) is 0 Å². The quantitative estimate of drug-likeness (QED) is 0.755. The maximum Gasteiger partial charge on any atom is 0.227 e. The van der Waals surface area contributed by atoms with Crippen LogP contribution in [0.3, 0.4) is 0 Å². The summed E-state index contributed by atoms with van der Waals surface area (Å²) in [4.78, 5) is 16.9. The molecule has 0 bridgehead atoms. The van der Waals surface area contributed by atoms with E-state index in [0.29, 0.717) is 11.9 Å². The summed E-state index contributed by atoms with van der Waals surface area (Å²) in [6.45, 7) is 10.2. The molecule has 1 amide bonds. The number of likely N-dealkylation sites (N-methyl/N-ethyl adjacent to an activating group) is 1. The number of nitrogens with zero attached hydrogens (tertiary/aromatic N) is 2. The Morgan fingerprint density at radius 1 is 1.28 bits per heavy atom. The molecule has 0 saturated carbocycles. The molecular formula is C14H27N3O. The van der Waals surface area contributed by atoms with Gasteiger partial charge in [-0.3, -0.25) is 9.69 Å². The Bertz CT molecular complexity index is 308. The number of carbonyl (C=O) groups is 1. The molecule has 4 nitrogen and oxygen atoms in total. The first kappa shape index (κ1) is 13.8. The van der Waals surface area contributed by atoms with Gasteiger partial charge in [0, 0.05) is 37.8 Å². The summed E-state index contributed by atoms with van der Waals surface area (Å²) in [6, 6.07) is 0.568. The van der Waals surface area contributed by atoms with Gasteiger partial charge in [-0.2, -0.15) is 0 Å². The average molecular weight is 253 g/mol. The summed E-state index contributed by atoms with van der Waals surface area (Å²) in [5.74, 6) is 0.552. The van der Waals surface area contributed by atoms with Crippen molar-refractivity contribution in [3.8, 4) is 0 Å². The van der Waals surface area contributed by atoms with Gasteiger partial charge in [0.05, 0.1) is 5.92 Å². The van der Waals surface area contributed by atoms with E-state index in [2.05, 4.69) is 42.9 Å². The molecule has 0 spiro atoms. The number of carbonyl (C=O) groups excluding carboxylic acids is 1. The fourth-order valence-corrected chi connectivity index (χ4v) is 2.90. The van der Waals surface area contributed by atoms with E-state index in [-0.39, 0.29) is 11.5 Å². The summed E-state index contributed by atoms with van der Waals surface area (Å²) >= 11 is 0. The Labute approximate surface area is 111 Å². The van der Waals surface area contributed by atoms with Gasteiger partial charge in [0.1, 0.15) is 0 Å². The lowest BCUT2D eigenvalue weighted by Crippen LogP contribution is -2.60. The van der Waals surface area contributed by atoms with E-state index in [1.165, 1.54) is 0 Å². The normalized spacial score (nSPS) is 33.4. The Morgan fingerprint density at radius 2 is 2.00 bits per heavy atom. The molecule has 2 saturated heterocycles. The van der Waals surface area contributed by atoms with Gasteiger partial charge < -0.3 is 10.2 Å². The number of hydrogen-bond donors (Lipinski definition) is 1. The molecule has 2 rings (SSSR count). The van der Waals surface area contributed by atoms with Crippen molar-refractivity contribution in [2.75, 3.05) is 33.2 Å². The SMILES string of the molecule is CC1CCC(C(=O)N2CCN(C)C(C)(C)C2)CN1. The van der Waals surface area contributed by atoms with E-state index in [9.17, 15) is 4.79 Å². The molecule has 2 atom stereocenters. The number of piperidine rings is 1. The molecular weight excluding hydrogens is 226 g/mol. The smallest absolute Gasteiger partial charge is 0.227 e. The zero-order valence-corrected chi connectivity index (χ0v) is 12.2. The van der Waals surface area contributed by atoms with Gasteiger partial charge >= 0.3 is 0 Å². The second-order valence-corrected chi connectivity index (χ2v) is 6.58. The van der Waals surface area contributed by atoms with E-state index >= 15 is 0 Å². The number of rotatable bonds is 1. The van der Waals surface area contributed by atoms with Crippen LogP contribution in [-0.4, -0.2) is 60.5 Å². The molecule has 2 aliphatic heterocycles. The molecule has 0 aromatic carbocycles. The summed E-state index contributed by atoms with van der Waals surface area (Å²) in [7, 11) is 2.14. The Balaban J connectivity index is 1.93. The van der Waals surface area contributed by atoms with Gasteiger partial charge in [-0.1, -0.05) is 0 Å². The van der Waals surface area contributed by atoms with E-state index in [0.717, 1.165) is 39.0 Å². The van der Waals surface area contributed by atoms with Crippen LogP contribution < -0.4 is 5.32 Å². The molecule has 1 N–H and O–H groups in total. The molecule has 18 heavy (non-hydrogen) atoms. The molecule has 104 valence electrons. The monoisotopic (exact) mass is 253 g/mol. The third-order valence-electron chi connectivity index (χ3n) is 4.64. The predicted octanol–water partition coefficient (Wildman–Crippen LogP) is 0.927. The van der Waals surface area contributed by atoms with E-state index in [1.807, 2.05) is 0 Å². The second kappa shape index (κ2) is 5.17. The zero-order chi connectivity index (χ0) is 13.3. The lowest BCUT2D eigenvalue weighted by Gasteiger charge is -2.46. The highest BCUT2D eigenvalue weighted by molar-refractivity contribution is 5.79. The highest BCUT2D eigenvalue weighted by Crippen LogP contribution is 2.23. The molecule has 0 aliphatic carbocycles. The van der Waals surface area contributed by atoms with Crippen LogP contribution in [0.2, 0.25) is 0 Å². The predicted molar refractivity (Wildman–Crippen MR) is 73.5 cm³/mol. The van der Waals surface area contributed by atoms with Crippen molar-refractivity contribution in [2.45, 2.75) is 45.2 Å². The lowest BCUT2D eigenvalue weighted by molar-refractivity contribution is -0.140. The van der Waals surface area contributed by atoms with Crippen molar-refractivity contribution in [2.24, 2.45) is 5.92 Å². The molecule has 0 aromatic rings. The van der Waals surface area contributed by atoms with Crippen molar-refractivity contribution in [1.82, 2.24) is 15.1 Å². The Kier molecular flexibility index (Phi) is 3.97. The third kappa shape index (κ3) is 2.86. The average Bonchev–Trinajstić information content (AvgIpc) is 2.33. The minimum Gasteiger partial charge on any atom is -0.339 e. The van der Waals surface area contributed by atoms with Crippen LogP contribution >= 0.6 is 0 Å². The minimum absolute atomic E-state index is 0.100. The van der Waals surface area contributed by atoms with Crippen LogP contribution in [0.5, 0.6) is 0 Å². The van der Waals surface area contributed by atoms with Crippen LogP contribution in [-0.2, 0) is 4.79 Å². The van der Waals surface area contributed by atoms with Crippen molar-refractivity contribution < 1.29 is 4.79 Å². The fraction of sp³-hybridized carbons (Fsp3) is 0.929. The first-order valence-corrected chi connectivity index (χ1v) is 7.13. The Hall–Kier alpha value is -0.610. The first-order chi connectivity index (χ1) is 8.40. The molecule has 0 aromatic heterocycles. The highest BCUT2D eigenvalue weighted by Gasteiger charge is 2.36. The first-order valence-electron chi connectivity index (χ1n) is 7.13. The van der Waals surface area contributed by atoms with Crippen molar-refractivity contribution in [3.05, 3.63) is 0 Å². The zero-order valence-electron chi connectivity index (χ0n) is 12.2. The van der Waals surface area contributed by atoms with E-state index < -0.39 is 0 Å². The van der Waals surface area contributed by atoms with Gasteiger partial charge in [-0.15, -0.1) is 0 Å². The van der Waals surface area contributed by atoms with Crippen LogP contribution in [0.15, 0.2) is 0 Å². The van der Waals surface area contributed by atoms with Gasteiger partial charge in [0.15, 0.2) is 0 Å². The maximum atomic E-state index is 12.5. The van der Waals surface area contributed by atoms with Gasteiger partial charge in [-0.25, -0.2) is 0 Å². The third-order valence-corrected chi connectivity index (χ3v) is 4.64. The number of piperazine rings is 1. The molecule has 2 aliphatic rings. The number of hydrogen-bond acceptors (Lipinski definition) is 3. The standard InChI is InChI=1S/C14H27N3O/c1-11-5-6-12(9-15-11)13(18)17-8-7-16(4)14(2,3)10-17/h11-12,15H,5-10H2,1-4H3. The lowest BCUT2D eigenvalue weighted by atomic mass is 9.92. The van der Waals surface area contributed by atoms with E-state index in [1.54, 1.807) is 0 Å². The number of nitrogens with one attached hydrogen (secondary N) is 1.